The molecule has 15 heavy (non-hydrogen) atoms. The third-order valence-corrected chi connectivity index (χ3v) is 3.47. The topological polar surface area (TPSA) is 29.5 Å². The van der Waals surface area contributed by atoms with Gasteiger partial charge in [0.1, 0.15) is 0 Å². The summed E-state index contributed by atoms with van der Waals surface area (Å²) in [6.45, 7) is 8.20. The lowest BCUT2D eigenvalue weighted by atomic mass is 9.88. The Labute approximate surface area is 93.3 Å². The van der Waals surface area contributed by atoms with Crippen LogP contribution in [0.4, 0.5) is 0 Å². The molecule has 0 saturated carbocycles. The van der Waals surface area contributed by atoms with Crippen molar-refractivity contribution in [1.29, 1.82) is 0 Å². The summed E-state index contributed by atoms with van der Waals surface area (Å²) in [6, 6.07) is 0. The molecule has 0 aromatic heterocycles. The molecule has 1 aliphatic rings. The summed E-state index contributed by atoms with van der Waals surface area (Å²) in [5.74, 6) is 0. The second kappa shape index (κ2) is 4.67. The van der Waals surface area contributed by atoms with Gasteiger partial charge < -0.3 is 9.84 Å². The molecule has 2 atom stereocenters. The Morgan fingerprint density at radius 3 is 2.67 bits per heavy atom. The van der Waals surface area contributed by atoms with E-state index in [0.717, 1.165) is 25.7 Å². The van der Waals surface area contributed by atoms with Gasteiger partial charge >= 0.3 is 0 Å². The minimum absolute atomic E-state index is 0.172. The predicted octanol–water partition coefficient (Wildman–Crippen LogP) is 3.26. The maximum atomic E-state index is 10.0. The molecule has 1 N–H and O–H groups in total. The standard InChI is InChI=1S/C13H24O2/c1-5-12(2,3)11(14)15-13(4)9-7-6-8-10-13/h7,9,11,14H,5-6,8,10H2,1-4H3. The van der Waals surface area contributed by atoms with Gasteiger partial charge in [0.2, 0.25) is 0 Å². The van der Waals surface area contributed by atoms with Crippen LogP contribution in [0.5, 0.6) is 0 Å². The monoisotopic (exact) mass is 212 g/mol. The molecule has 0 heterocycles. The van der Waals surface area contributed by atoms with Crippen LogP contribution >= 0.6 is 0 Å². The first-order valence-corrected chi connectivity index (χ1v) is 5.93. The molecule has 2 nitrogen and oxygen atoms in total. The molecule has 0 bridgehead atoms. The van der Waals surface area contributed by atoms with Crippen LogP contribution in [-0.2, 0) is 4.74 Å². The highest BCUT2D eigenvalue weighted by atomic mass is 16.6. The van der Waals surface area contributed by atoms with Crippen molar-refractivity contribution in [3.8, 4) is 0 Å². The number of aliphatic hydroxyl groups is 1. The van der Waals surface area contributed by atoms with E-state index in [9.17, 15) is 5.11 Å². The average molecular weight is 212 g/mol. The highest BCUT2D eigenvalue weighted by Crippen LogP contribution is 2.33. The fraction of sp³-hybridized carbons (Fsp3) is 0.846. The van der Waals surface area contributed by atoms with Gasteiger partial charge in [-0.2, -0.15) is 0 Å². The van der Waals surface area contributed by atoms with Gasteiger partial charge in [-0.15, -0.1) is 0 Å². The van der Waals surface area contributed by atoms with E-state index in [-0.39, 0.29) is 11.0 Å². The molecule has 1 aliphatic carbocycles. The van der Waals surface area contributed by atoms with E-state index < -0.39 is 6.29 Å². The molecule has 0 spiro atoms. The summed E-state index contributed by atoms with van der Waals surface area (Å²) < 4.78 is 5.80. The SMILES string of the molecule is CCC(C)(C)C(O)OC1(C)C=CCCC1. The van der Waals surface area contributed by atoms with Crippen LogP contribution in [0.1, 0.15) is 53.4 Å². The highest BCUT2D eigenvalue weighted by Gasteiger charge is 2.33. The lowest BCUT2D eigenvalue weighted by Gasteiger charge is -2.37. The van der Waals surface area contributed by atoms with Crippen LogP contribution in [0.25, 0.3) is 0 Å². The van der Waals surface area contributed by atoms with Crippen LogP contribution in [0.15, 0.2) is 12.2 Å². The first kappa shape index (κ1) is 12.7. The summed E-state index contributed by atoms with van der Waals surface area (Å²) >= 11 is 0. The van der Waals surface area contributed by atoms with Gasteiger partial charge in [-0.1, -0.05) is 32.9 Å². The fourth-order valence-electron chi connectivity index (χ4n) is 1.67. The maximum absolute atomic E-state index is 10.0. The number of allylic oxidation sites excluding steroid dienone is 1. The van der Waals surface area contributed by atoms with Crippen molar-refractivity contribution in [2.75, 3.05) is 0 Å². The third-order valence-electron chi connectivity index (χ3n) is 3.47. The van der Waals surface area contributed by atoms with Crippen LogP contribution < -0.4 is 0 Å². The van der Waals surface area contributed by atoms with E-state index in [1.807, 2.05) is 13.8 Å². The molecule has 0 amide bonds. The predicted molar refractivity (Wildman–Crippen MR) is 62.6 cm³/mol. The van der Waals surface area contributed by atoms with Crippen molar-refractivity contribution in [1.82, 2.24) is 0 Å². The molecule has 1 rings (SSSR count). The van der Waals surface area contributed by atoms with Crippen molar-refractivity contribution < 1.29 is 9.84 Å². The lowest BCUT2D eigenvalue weighted by molar-refractivity contribution is -0.215. The van der Waals surface area contributed by atoms with Crippen LogP contribution in [-0.4, -0.2) is 17.0 Å². The molecule has 0 aromatic carbocycles. The largest absolute Gasteiger partial charge is 0.367 e. The first-order valence-electron chi connectivity index (χ1n) is 5.93. The number of hydrogen-bond acceptors (Lipinski definition) is 2. The van der Waals surface area contributed by atoms with Gasteiger partial charge in [-0.25, -0.2) is 0 Å². The number of aliphatic hydroxyl groups excluding tert-OH is 1. The van der Waals surface area contributed by atoms with Gasteiger partial charge in [0.15, 0.2) is 6.29 Å². The Hall–Kier alpha value is -0.340. The van der Waals surface area contributed by atoms with E-state index in [4.69, 9.17) is 4.74 Å². The zero-order valence-corrected chi connectivity index (χ0v) is 10.4. The maximum Gasteiger partial charge on any atom is 0.160 e. The van der Waals surface area contributed by atoms with E-state index in [1.54, 1.807) is 0 Å². The first-order chi connectivity index (χ1) is 6.90. The Kier molecular flexibility index (Phi) is 3.96. The van der Waals surface area contributed by atoms with Gasteiger partial charge in [0.05, 0.1) is 5.60 Å². The Balaban J connectivity index is 2.60. The number of ether oxygens (including phenoxy) is 1. The van der Waals surface area contributed by atoms with Crippen molar-refractivity contribution in [3.63, 3.8) is 0 Å². The lowest BCUT2D eigenvalue weighted by Crippen LogP contribution is -2.40. The Morgan fingerprint density at radius 2 is 2.20 bits per heavy atom. The molecule has 0 aromatic rings. The molecule has 0 fully saturated rings. The number of rotatable bonds is 4. The molecule has 0 saturated heterocycles. The molecule has 2 heteroatoms. The summed E-state index contributed by atoms with van der Waals surface area (Å²) in [5, 5.41) is 10.0. The second-order valence-electron chi connectivity index (χ2n) is 5.42. The molecule has 88 valence electrons. The van der Waals surface area contributed by atoms with Crippen LogP contribution in [0, 0.1) is 5.41 Å². The van der Waals surface area contributed by atoms with Crippen molar-refractivity contribution in [3.05, 3.63) is 12.2 Å². The fourth-order valence-corrected chi connectivity index (χ4v) is 1.67. The van der Waals surface area contributed by atoms with E-state index in [1.165, 1.54) is 0 Å². The van der Waals surface area contributed by atoms with Gasteiger partial charge in [-0.05, 0) is 32.6 Å². The summed E-state index contributed by atoms with van der Waals surface area (Å²) in [7, 11) is 0. The minimum Gasteiger partial charge on any atom is -0.367 e. The normalized spacial score (nSPS) is 29.1. The molecule has 0 radical (unpaired) electrons. The van der Waals surface area contributed by atoms with E-state index in [0.29, 0.717) is 0 Å². The quantitative estimate of drug-likeness (QED) is 0.572. The molecular formula is C13H24O2. The molecule has 0 aliphatic heterocycles. The molecule has 2 unspecified atom stereocenters. The average Bonchev–Trinajstić information content (AvgIpc) is 2.18. The summed E-state index contributed by atoms with van der Waals surface area (Å²) in [5.41, 5.74) is -0.446. The van der Waals surface area contributed by atoms with Crippen molar-refractivity contribution in [2.24, 2.45) is 5.41 Å². The van der Waals surface area contributed by atoms with E-state index >= 15 is 0 Å². The molecular weight excluding hydrogens is 188 g/mol. The Morgan fingerprint density at radius 1 is 1.53 bits per heavy atom. The second-order valence-corrected chi connectivity index (χ2v) is 5.42. The zero-order valence-electron chi connectivity index (χ0n) is 10.4. The van der Waals surface area contributed by atoms with Crippen LogP contribution in [0.2, 0.25) is 0 Å². The van der Waals surface area contributed by atoms with Crippen LogP contribution in [0.3, 0.4) is 0 Å². The van der Waals surface area contributed by atoms with Crippen molar-refractivity contribution in [2.45, 2.75) is 65.3 Å². The van der Waals surface area contributed by atoms with Gasteiger partial charge in [0.25, 0.3) is 0 Å². The summed E-state index contributed by atoms with van der Waals surface area (Å²) in [6.07, 6.45) is 7.74. The third kappa shape index (κ3) is 3.32. The van der Waals surface area contributed by atoms with Gasteiger partial charge in [-0.3, -0.25) is 0 Å². The van der Waals surface area contributed by atoms with Gasteiger partial charge in [0, 0.05) is 5.41 Å². The number of hydrogen-bond donors (Lipinski definition) is 1. The smallest absolute Gasteiger partial charge is 0.160 e. The Bertz CT molecular complexity index is 233. The zero-order chi connectivity index (χ0) is 11.5. The summed E-state index contributed by atoms with van der Waals surface area (Å²) in [4.78, 5) is 0. The minimum atomic E-state index is -0.685. The van der Waals surface area contributed by atoms with Crippen molar-refractivity contribution >= 4 is 0 Å². The highest BCUT2D eigenvalue weighted by molar-refractivity contribution is 5.03. The van der Waals surface area contributed by atoms with E-state index in [2.05, 4.69) is 26.0 Å².